The van der Waals surface area contributed by atoms with Crippen molar-refractivity contribution < 1.29 is 0 Å². The lowest BCUT2D eigenvalue weighted by molar-refractivity contribution is 0.501. The van der Waals surface area contributed by atoms with Gasteiger partial charge in [0.15, 0.2) is 0 Å². The number of halogens is 1. The van der Waals surface area contributed by atoms with E-state index in [-0.39, 0.29) is 18.4 Å². The zero-order valence-electron chi connectivity index (χ0n) is 8.81. The Hall–Kier alpha value is -0.600. The van der Waals surface area contributed by atoms with Gasteiger partial charge in [-0.1, -0.05) is 19.9 Å². The van der Waals surface area contributed by atoms with E-state index in [1.54, 1.807) is 6.20 Å². The highest BCUT2D eigenvalue weighted by Crippen LogP contribution is 2.15. The highest BCUT2D eigenvalue weighted by Gasteiger charge is 2.06. The van der Waals surface area contributed by atoms with Crippen LogP contribution in [0.2, 0.25) is 0 Å². The second-order valence-corrected chi connectivity index (χ2v) is 3.83. The average molecular weight is 215 g/mol. The van der Waals surface area contributed by atoms with Crippen molar-refractivity contribution in [3.8, 4) is 0 Å². The minimum Gasteiger partial charge on any atom is -0.323 e. The fourth-order valence-electron chi connectivity index (χ4n) is 1.26. The van der Waals surface area contributed by atoms with Crippen LogP contribution < -0.4 is 5.73 Å². The van der Waals surface area contributed by atoms with Gasteiger partial charge in [-0.25, -0.2) is 0 Å². The number of nitrogens with two attached hydrogens (primary N) is 1. The molecule has 0 fully saturated rings. The molecule has 14 heavy (non-hydrogen) atoms. The summed E-state index contributed by atoms with van der Waals surface area (Å²) in [7, 11) is 0. The Bertz CT molecular complexity index is 236. The van der Waals surface area contributed by atoms with Crippen LogP contribution in [0.25, 0.3) is 0 Å². The third kappa shape index (κ3) is 4.58. The van der Waals surface area contributed by atoms with E-state index in [9.17, 15) is 0 Å². The third-order valence-corrected chi connectivity index (χ3v) is 2.12. The summed E-state index contributed by atoms with van der Waals surface area (Å²) in [5.74, 6) is 0.717. The summed E-state index contributed by atoms with van der Waals surface area (Å²) in [6.45, 7) is 4.43. The van der Waals surface area contributed by atoms with Crippen LogP contribution in [-0.4, -0.2) is 4.98 Å². The predicted molar refractivity (Wildman–Crippen MR) is 62.5 cm³/mol. The highest BCUT2D eigenvalue weighted by molar-refractivity contribution is 5.85. The molecule has 2 nitrogen and oxygen atoms in total. The number of aromatic nitrogens is 1. The molecular formula is C11H19ClN2. The topological polar surface area (TPSA) is 38.9 Å². The maximum absolute atomic E-state index is 5.98. The van der Waals surface area contributed by atoms with Crippen molar-refractivity contribution in [1.29, 1.82) is 0 Å². The molecule has 80 valence electrons. The van der Waals surface area contributed by atoms with Gasteiger partial charge < -0.3 is 5.73 Å². The molecule has 0 radical (unpaired) electrons. The number of rotatable bonds is 4. The van der Waals surface area contributed by atoms with Gasteiger partial charge in [0.1, 0.15) is 0 Å². The van der Waals surface area contributed by atoms with Gasteiger partial charge in [0.25, 0.3) is 0 Å². The maximum Gasteiger partial charge on any atom is 0.0570 e. The molecular weight excluding hydrogens is 196 g/mol. The zero-order valence-corrected chi connectivity index (χ0v) is 9.63. The lowest BCUT2D eigenvalue weighted by atomic mass is 10.0. The van der Waals surface area contributed by atoms with Crippen LogP contribution in [0.4, 0.5) is 0 Å². The highest BCUT2D eigenvalue weighted by atomic mass is 35.5. The quantitative estimate of drug-likeness (QED) is 0.837. The van der Waals surface area contributed by atoms with Crippen LogP contribution in [-0.2, 0) is 0 Å². The molecule has 0 aromatic carbocycles. The number of nitrogens with zero attached hydrogens (tertiary/aromatic N) is 1. The smallest absolute Gasteiger partial charge is 0.0570 e. The van der Waals surface area contributed by atoms with Crippen molar-refractivity contribution in [3.63, 3.8) is 0 Å². The molecule has 0 saturated carbocycles. The van der Waals surface area contributed by atoms with Gasteiger partial charge in [-0.05, 0) is 30.9 Å². The Kier molecular flexibility index (Phi) is 6.50. The second-order valence-electron chi connectivity index (χ2n) is 3.83. The van der Waals surface area contributed by atoms with Gasteiger partial charge >= 0.3 is 0 Å². The summed E-state index contributed by atoms with van der Waals surface area (Å²) in [4.78, 5) is 4.23. The standard InChI is InChI=1S/C11H18N2.ClH/c1-9(2)6-7-10(12)11-5-3-4-8-13-11;/h3-5,8-10H,6-7,12H2,1-2H3;1H. The summed E-state index contributed by atoms with van der Waals surface area (Å²) in [6, 6.07) is 5.99. The molecule has 0 spiro atoms. The normalized spacial score (nSPS) is 12.3. The second kappa shape index (κ2) is 6.80. The number of hydrogen-bond acceptors (Lipinski definition) is 2. The van der Waals surface area contributed by atoms with Crippen molar-refractivity contribution >= 4 is 12.4 Å². The molecule has 1 aromatic rings. The van der Waals surface area contributed by atoms with Gasteiger partial charge in [0.05, 0.1) is 5.69 Å². The van der Waals surface area contributed by atoms with Crippen LogP contribution in [0.5, 0.6) is 0 Å². The molecule has 0 aliphatic heterocycles. The van der Waals surface area contributed by atoms with Crippen LogP contribution >= 0.6 is 12.4 Å². The number of hydrogen-bond donors (Lipinski definition) is 1. The van der Waals surface area contributed by atoms with E-state index in [0.717, 1.165) is 24.5 Å². The van der Waals surface area contributed by atoms with E-state index < -0.39 is 0 Å². The maximum atomic E-state index is 5.98. The zero-order chi connectivity index (χ0) is 9.68. The summed E-state index contributed by atoms with van der Waals surface area (Å²) in [6.07, 6.45) is 3.98. The van der Waals surface area contributed by atoms with Crippen LogP contribution in [0, 0.1) is 5.92 Å². The Labute approximate surface area is 92.3 Å². The van der Waals surface area contributed by atoms with Crippen molar-refractivity contribution in [2.24, 2.45) is 11.7 Å². The van der Waals surface area contributed by atoms with E-state index in [1.807, 2.05) is 18.2 Å². The Morgan fingerprint density at radius 3 is 2.50 bits per heavy atom. The first-order valence-electron chi connectivity index (χ1n) is 4.86. The molecule has 2 N–H and O–H groups in total. The van der Waals surface area contributed by atoms with Crippen molar-refractivity contribution in [3.05, 3.63) is 30.1 Å². The molecule has 3 heteroatoms. The Morgan fingerprint density at radius 1 is 1.29 bits per heavy atom. The molecule has 0 bridgehead atoms. The van der Waals surface area contributed by atoms with Crippen LogP contribution in [0.15, 0.2) is 24.4 Å². The molecule has 1 rings (SSSR count). The minimum absolute atomic E-state index is 0. The van der Waals surface area contributed by atoms with Crippen LogP contribution in [0.3, 0.4) is 0 Å². The first kappa shape index (κ1) is 13.4. The summed E-state index contributed by atoms with van der Waals surface area (Å²) < 4.78 is 0. The van der Waals surface area contributed by atoms with Gasteiger partial charge in [-0.3, -0.25) is 4.98 Å². The van der Waals surface area contributed by atoms with E-state index in [2.05, 4.69) is 18.8 Å². The van der Waals surface area contributed by atoms with Gasteiger partial charge in [0.2, 0.25) is 0 Å². The lowest BCUT2D eigenvalue weighted by Gasteiger charge is -2.11. The average Bonchev–Trinajstić information content (AvgIpc) is 2.15. The molecule has 1 aromatic heterocycles. The van der Waals surface area contributed by atoms with Crippen molar-refractivity contribution in [2.45, 2.75) is 32.7 Å². The molecule has 0 amide bonds. The Balaban J connectivity index is 0.00000169. The number of pyridine rings is 1. The lowest BCUT2D eigenvalue weighted by Crippen LogP contribution is -2.12. The molecule has 1 unspecified atom stereocenters. The largest absolute Gasteiger partial charge is 0.323 e. The first-order chi connectivity index (χ1) is 6.20. The first-order valence-corrected chi connectivity index (χ1v) is 4.86. The minimum atomic E-state index is 0. The summed E-state index contributed by atoms with van der Waals surface area (Å²) in [5.41, 5.74) is 6.98. The fourth-order valence-corrected chi connectivity index (χ4v) is 1.26. The summed E-state index contributed by atoms with van der Waals surface area (Å²) >= 11 is 0. The van der Waals surface area contributed by atoms with E-state index in [1.165, 1.54) is 0 Å². The van der Waals surface area contributed by atoms with Gasteiger partial charge in [-0.15, -0.1) is 12.4 Å². The van der Waals surface area contributed by atoms with E-state index in [0.29, 0.717) is 0 Å². The molecule has 0 saturated heterocycles. The predicted octanol–water partition coefficient (Wildman–Crippen LogP) is 2.94. The van der Waals surface area contributed by atoms with E-state index in [4.69, 9.17) is 5.73 Å². The molecule has 1 heterocycles. The van der Waals surface area contributed by atoms with Crippen molar-refractivity contribution in [2.75, 3.05) is 0 Å². The molecule has 0 aliphatic carbocycles. The molecule has 0 aliphatic rings. The fraction of sp³-hybridized carbons (Fsp3) is 0.545. The molecule has 1 atom stereocenters. The summed E-state index contributed by atoms with van der Waals surface area (Å²) in [5, 5.41) is 0. The van der Waals surface area contributed by atoms with Gasteiger partial charge in [0, 0.05) is 12.2 Å². The Morgan fingerprint density at radius 2 is 2.00 bits per heavy atom. The van der Waals surface area contributed by atoms with Gasteiger partial charge in [-0.2, -0.15) is 0 Å². The van der Waals surface area contributed by atoms with E-state index >= 15 is 0 Å². The monoisotopic (exact) mass is 214 g/mol. The SMILES string of the molecule is CC(C)CCC(N)c1ccccn1.Cl. The van der Waals surface area contributed by atoms with Crippen LogP contribution in [0.1, 0.15) is 38.4 Å². The van der Waals surface area contributed by atoms with Crippen molar-refractivity contribution in [1.82, 2.24) is 4.98 Å². The third-order valence-electron chi connectivity index (χ3n) is 2.12.